The van der Waals surface area contributed by atoms with Gasteiger partial charge in [-0.2, -0.15) is 8.78 Å². The van der Waals surface area contributed by atoms with E-state index in [0.717, 1.165) is 38.5 Å². The highest BCUT2D eigenvalue weighted by atomic mass is 19.3. The number of imide groups is 1. The smallest absolute Gasteiger partial charge is 0.339 e. The second-order valence-electron chi connectivity index (χ2n) is 14.6. The lowest BCUT2D eigenvalue weighted by molar-refractivity contribution is -0.164. The van der Waals surface area contributed by atoms with Crippen LogP contribution in [0.2, 0.25) is 0 Å². The van der Waals surface area contributed by atoms with Crippen LogP contribution in [0, 0.1) is 16.7 Å². The molecule has 1 aliphatic carbocycles. The Kier molecular flexibility index (Phi) is 9.50. The number of carbonyl (C=O) groups is 4. The lowest BCUT2D eigenvalue weighted by Gasteiger charge is -2.53. The van der Waals surface area contributed by atoms with Gasteiger partial charge in [0.05, 0.1) is 6.04 Å². The summed E-state index contributed by atoms with van der Waals surface area (Å²) in [7, 11) is 0. The highest BCUT2D eigenvalue weighted by molar-refractivity contribution is 6.05. The highest BCUT2D eigenvalue weighted by Crippen LogP contribution is 2.51. The summed E-state index contributed by atoms with van der Waals surface area (Å²) < 4.78 is 32.6. The molecule has 4 amide bonds. The van der Waals surface area contributed by atoms with Crippen molar-refractivity contribution < 1.29 is 28.0 Å². The van der Waals surface area contributed by atoms with Gasteiger partial charge in [-0.1, -0.05) is 77.8 Å². The number of halogens is 2. The average molecular weight is 615 g/mol. The van der Waals surface area contributed by atoms with Gasteiger partial charge in [-0.3, -0.25) is 24.5 Å². The number of fused-ring (bicyclic) bond motifs is 1. The molecule has 242 valence electrons. The molecule has 2 saturated heterocycles. The van der Waals surface area contributed by atoms with Crippen LogP contribution in [0.15, 0.2) is 18.2 Å². The number of nitrogens with one attached hydrogen (secondary N) is 3. The molecular formula is C34H48F2N4O4. The first kappa shape index (κ1) is 32.5. The highest BCUT2D eigenvalue weighted by Gasteiger charge is 2.59. The molecule has 5 rings (SSSR count). The van der Waals surface area contributed by atoms with Gasteiger partial charge in [0.2, 0.25) is 11.8 Å². The van der Waals surface area contributed by atoms with Gasteiger partial charge >= 0.3 is 5.92 Å². The molecular weight excluding hydrogens is 566 g/mol. The van der Waals surface area contributed by atoms with E-state index in [1.54, 1.807) is 18.2 Å². The van der Waals surface area contributed by atoms with Crippen molar-refractivity contribution in [1.82, 2.24) is 20.9 Å². The lowest BCUT2D eigenvalue weighted by Crippen LogP contribution is -2.66. The van der Waals surface area contributed by atoms with Crippen molar-refractivity contribution in [3.05, 3.63) is 34.9 Å². The van der Waals surface area contributed by atoms with Gasteiger partial charge in [0.1, 0.15) is 6.04 Å². The number of hydrogen-bond donors (Lipinski definition) is 3. The van der Waals surface area contributed by atoms with Gasteiger partial charge in [-0.05, 0) is 66.2 Å². The predicted molar refractivity (Wildman–Crippen MR) is 163 cm³/mol. The Morgan fingerprint density at radius 1 is 1.02 bits per heavy atom. The minimum Gasteiger partial charge on any atom is -0.347 e. The van der Waals surface area contributed by atoms with Crippen LogP contribution in [0.4, 0.5) is 8.78 Å². The fourth-order valence-electron chi connectivity index (χ4n) is 7.91. The zero-order chi connectivity index (χ0) is 31.7. The maximum atomic E-state index is 16.3. The zero-order valence-electron chi connectivity index (χ0n) is 26.4. The quantitative estimate of drug-likeness (QED) is 0.394. The first-order chi connectivity index (χ1) is 20.8. The summed E-state index contributed by atoms with van der Waals surface area (Å²) in [5.74, 6) is -5.77. The number of rotatable bonds is 5. The van der Waals surface area contributed by atoms with Crippen LogP contribution >= 0.6 is 0 Å². The van der Waals surface area contributed by atoms with Crippen LogP contribution in [0.3, 0.4) is 0 Å². The van der Waals surface area contributed by atoms with Crippen molar-refractivity contribution in [2.75, 3.05) is 6.54 Å². The largest absolute Gasteiger partial charge is 0.347 e. The first-order valence-corrected chi connectivity index (χ1v) is 16.5. The summed E-state index contributed by atoms with van der Waals surface area (Å²) in [6, 6.07) is 3.04. The minimum absolute atomic E-state index is 0.0272. The molecule has 10 heteroatoms. The minimum atomic E-state index is -3.59. The lowest BCUT2D eigenvalue weighted by atomic mass is 9.59. The van der Waals surface area contributed by atoms with Gasteiger partial charge < -0.3 is 15.5 Å². The number of piperidine rings is 2. The molecule has 1 aromatic carbocycles. The van der Waals surface area contributed by atoms with Crippen molar-refractivity contribution in [3.8, 4) is 0 Å². The Morgan fingerprint density at radius 3 is 2.32 bits per heavy atom. The zero-order valence-corrected chi connectivity index (χ0v) is 26.4. The molecule has 44 heavy (non-hydrogen) atoms. The average Bonchev–Trinajstić information content (AvgIpc) is 3.29. The molecule has 1 spiro atoms. The molecule has 8 nitrogen and oxygen atoms in total. The van der Waals surface area contributed by atoms with Crippen LogP contribution < -0.4 is 16.0 Å². The molecule has 3 heterocycles. The van der Waals surface area contributed by atoms with Gasteiger partial charge in [0, 0.05) is 25.1 Å². The fourth-order valence-corrected chi connectivity index (χ4v) is 7.91. The normalized spacial score (nSPS) is 26.7. The third kappa shape index (κ3) is 6.70. The molecule has 0 aromatic heterocycles. The number of hydrogen-bond acceptors (Lipinski definition) is 5. The van der Waals surface area contributed by atoms with Gasteiger partial charge in [-0.15, -0.1) is 0 Å². The van der Waals surface area contributed by atoms with Crippen molar-refractivity contribution >= 4 is 23.6 Å². The standard InChI is InChI=1S/C34H48F2N4O4/c1-32(2,3)24-18-33(15-9-7-5-4-6-8-10-16-33)30(37-20-24)34(35,36)31(44)38-19-22-11-12-25-23(17-22)21-40(29(25)43)26-13-14-27(41)39-28(26)42/h11-12,17,24,26,30,37H,4-10,13-16,18-21H2,1-3H3,(H,38,44)(H,39,41,42). The van der Waals surface area contributed by atoms with Crippen LogP contribution in [0.5, 0.6) is 0 Å². The molecule has 3 atom stereocenters. The van der Waals surface area contributed by atoms with Crippen LogP contribution in [0.25, 0.3) is 0 Å². The second-order valence-corrected chi connectivity index (χ2v) is 14.6. The Labute approximate surface area is 259 Å². The molecule has 4 aliphatic rings. The fraction of sp³-hybridized carbons (Fsp3) is 0.706. The van der Waals surface area contributed by atoms with E-state index in [4.69, 9.17) is 0 Å². The van der Waals surface area contributed by atoms with E-state index >= 15 is 8.78 Å². The molecule has 0 bridgehead atoms. The Morgan fingerprint density at radius 2 is 1.68 bits per heavy atom. The van der Waals surface area contributed by atoms with Gasteiger partial charge in [0.15, 0.2) is 0 Å². The van der Waals surface area contributed by atoms with E-state index in [2.05, 4.69) is 36.7 Å². The third-order valence-electron chi connectivity index (χ3n) is 10.6. The predicted octanol–water partition coefficient (Wildman–Crippen LogP) is 5.23. The van der Waals surface area contributed by atoms with Crippen molar-refractivity contribution in [2.45, 2.75) is 129 Å². The molecule has 1 saturated carbocycles. The molecule has 1 aromatic rings. The third-order valence-corrected chi connectivity index (χ3v) is 10.6. The first-order valence-electron chi connectivity index (χ1n) is 16.5. The van der Waals surface area contributed by atoms with E-state index in [-0.39, 0.29) is 49.1 Å². The number of alkyl halides is 2. The summed E-state index contributed by atoms with van der Waals surface area (Å²) in [4.78, 5) is 51.6. The van der Waals surface area contributed by atoms with Crippen LogP contribution in [-0.4, -0.2) is 53.1 Å². The van der Waals surface area contributed by atoms with E-state index in [1.807, 2.05) is 0 Å². The summed E-state index contributed by atoms with van der Waals surface area (Å²) in [6.45, 7) is 7.06. The number of benzene rings is 1. The van der Waals surface area contributed by atoms with Crippen LogP contribution in [0.1, 0.15) is 119 Å². The van der Waals surface area contributed by atoms with E-state index in [0.29, 0.717) is 42.5 Å². The summed E-state index contributed by atoms with van der Waals surface area (Å²) in [5.41, 5.74) is 1.03. The number of carbonyl (C=O) groups excluding carboxylic acids is 4. The Bertz CT molecular complexity index is 1270. The Hall–Kier alpha value is -2.88. The van der Waals surface area contributed by atoms with Crippen molar-refractivity contribution in [2.24, 2.45) is 16.7 Å². The Balaban J connectivity index is 1.29. The van der Waals surface area contributed by atoms with Crippen LogP contribution in [-0.2, 0) is 27.5 Å². The second kappa shape index (κ2) is 12.9. The maximum Gasteiger partial charge on any atom is 0.339 e. The summed E-state index contributed by atoms with van der Waals surface area (Å²) in [5, 5.41) is 8.01. The monoisotopic (exact) mass is 614 g/mol. The summed E-state index contributed by atoms with van der Waals surface area (Å²) in [6.07, 6.45) is 9.84. The van der Waals surface area contributed by atoms with Gasteiger partial charge in [0.25, 0.3) is 11.8 Å². The van der Waals surface area contributed by atoms with Gasteiger partial charge in [-0.25, -0.2) is 0 Å². The maximum absolute atomic E-state index is 16.3. The van der Waals surface area contributed by atoms with Crippen molar-refractivity contribution in [3.63, 3.8) is 0 Å². The van der Waals surface area contributed by atoms with E-state index < -0.39 is 35.2 Å². The molecule has 3 unspecified atom stereocenters. The number of nitrogens with zero attached hydrogens (tertiary/aromatic N) is 1. The number of amides is 4. The van der Waals surface area contributed by atoms with E-state index in [9.17, 15) is 19.2 Å². The molecule has 0 radical (unpaired) electrons. The van der Waals surface area contributed by atoms with Crippen molar-refractivity contribution in [1.29, 1.82) is 0 Å². The summed E-state index contributed by atoms with van der Waals surface area (Å²) >= 11 is 0. The molecule has 3 N–H and O–H groups in total. The van der Waals surface area contributed by atoms with E-state index in [1.165, 1.54) is 11.3 Å². The molecule has 3 fully saturated rings. The SMILES string of the molecule is CC(C)(C)C1CNC(C(F)(F)C(=O)NCc2ccc3c(c2)CN(C2CCC(=O)NC2=O)C3=O)C2(CCCCCCCCC2)C1. The molecule has 3 aliphatic heterocycles. The topological polar surface area (TPSA) is 108 Å².